The van der Waals surface area contributed by atoms with Gasteiger partial charge in [0, 0.05) is 57.9 Å². The van der Waals surface area contributed by atoms with E-state index in [-0.39, 0.29) is 24.2 Å². The van der Waals surface area contributed by atoms with Gasteiger partial charge >= 0.3 is 0 Å². The number of carbonyl (C=O) groups excluding carboxylic acids is 1. The van der Waals surface area contributed by atoms with Crippen LogP contribution >= 0.6 is 11.6 Å². The fourth-order valence-corrected chi connectivity index (χ4v) is 5.45. The Labute approximate surface area is 228 Å². The number of anilines is 1. The van der Waals surface area contributed by atoms with Crippen molar-refractivity contribution >= 4 is 23.3 Å². The van der Waals surface area contributed by atoms with Crippen molar-refractivity contribution < 1.29 is 14.3 Å². The number of hydrogen-bond acceptors (Lipinski definition) is 9. The molecule has 0 unspecified atom stereocenters. The number of nitrogens with zero attached hydrogens (tertiary/aromatic N) is 5. The summed E-state index contributed by atoms with van der Waals surface area (Å²) in [7, 11) is 0. The van der Waals surface area contributed by atoms with Crippen LogP contribution in [0.25, 0.3) is 0 Å². The maximum Gasteiger partial charge on any atom is 0.272 e. The van der Waals surface area contributed by atoms with Crippen LogP contribution in [0.3, 0.4) is 0 Å². The molecule has 1 atom stereocenters. The predicted octanol–water partition coefficient (Wildman–Crippen LogP) is 2.23. The van der Waals surface area contributed by atoms with Gasteiger partial charge in [-0.2, -0.15) is 5.26 Å². The van der Waals surface area contributed by atoms with E-state index >= 15 is 0 Å². The van der Waals surface area contributed by atoms with E-state index < -0.39 is 0 Å². The first-order valence-corrected chi connectivity index (χ1v) is 13.8. The van der Waals surface area contributed by atoms with E-state index in [1.165, 1.54) is 0 Å². The molecule has 2 saturated heterocycles. The lowest BCUT2D eigenvalue weighted by atomic mass is 9.93. The monoisotopic (exact) mass is 539 g/mol. The Hall–Kier alpha value is -2.97. The molecule has 38 heavy (non-hydrogen) atoms. The maximum atomic E-state index is 12.8. The van der Waals surface area contributed by atoms with E-state index in [0.29, 0.717) is 22.0 Å². The molecule has 2 aliphatic heterocycles. The topological polar surface area (TPSA) is 116 Å². The van der Waals surface area contributed by atoms with Gasteiger partial charge in [0.1, 0.15) is 11.8 Å². The molecular weight excluding hydrogens is 506 g/mol. The summed E-state index contributed by atoms with van der Waals surface area (Å²) in [5.74, 6) is 1.27. The highest BCUT2D eigenvalue weighted by Gasteiger charge is 2.26. The first-order valence-electron chi connectivity index (χ1n) is 13.4. The highest BCUT2D eigenvalue weighted by atomic mass is 35.5. The lowest BCUT2D eigenvalue weighted by Gasteiger charge is -2.37. The van der Waals surface area contributed by atoms with E-state index in [2.05, 4.69) is 36.7 Å². The molecule has 0 bridgehead atoms. The van der Waals surface area contributed by atoms with Gasteiger partial charge in [0.25, 0.3) is 5.91 Å². The van der Waals surface area contributed by atoms with Crippen molar-refractivity contribution in [1.82, 2.24) is 25.7 Å². The Morgan fingerprint density at radius 3 is 2.63 bits per heavy atom. The number of carbonyl (C=O) groups is 1. The van der Waals surface area contributed by atoms with Gasteiger partial charge in [0.05, 0.1) is 29.4 Å². The minimum absolute atomic E-state index is 0.0542. The number of amides is 1. The summed E-state index contributed by atoms with van der Waals surface area (Å²) in [5, 5.41) is 24.5. The first-order chi connectivity index (χ1) is 18.6. The molecular formula is C27H34ClN7O3. The third kappa shape index (κ3) is 6.91. The second kappa shape index (κ2) is 12.7. The molecule has 11 heteroatoms. The van der Waals surface area contributed by atoms with Crippen LogP contribution in [-0.2, 0) is 4.74 Å². The van der Waals surface area contributed by atoms with Crippen molar-refractivity contribution in [3.05, 3.63) is 46.6 Å². The molecule has 202 valence electrons. The largest absolute Gasteiger partial charge is 0.490 e. The van der Waals surface area contributed by atoms with Gasteiger partial charge in [0.15, 0.2) is 11.5 Å². The Bertz CT molecular complexity index is 1120. The number of piperazine rings is 1. The summed E-state index contributed by atoms with van der Waals surface area (Å²) in [4.78, 5) is 17.4. The average Bonchev–Trinajstić information content (AvgIpc) is 2.95. The molecule has 1 amide bonds. The fourth-order valence-electron chi connectivity index (χ4n) is 5.24. The Morgan fingerprint density at radius 2 is 1.97 bits per heavy atom. The van der Waals surface area contributed by atoms with Crippen LogP contribution < -0.4 is 20.3 Å². The minimum Gasteiger partial charge on any atom is -0.490 e. The zero-order chi connectivity index (χ0) is 26.3. The highest BCUT2D eigenvalue weighted by molar-refractivity contribution is 6.31. The zero-order valence-corrected chi connectivity index (χ0v) is 22.2. The van der Waals surface area contributed by atoms with Crippen LogP contribution in [0, 0.1) is 11.3 Å². The van der Waals surface area contributed by atoms with Gasteiger partial charge in [-0.05, 0) is 49.9 Å². The molecule has 1 aromatic carbocycles. The molecule has 1 aromatic heterocycles. The van der Waals surface area contributed by atoms with E-state index in [1.807, 2.05) is 6.07 Å². The van der Waals surface area contributed by atoms with E-state index in [4.69, 9.17) is 26.3 Å². The lowest BCUT2D eigenvalue weighted by Crippen LogP contribution is -2.52. The highest BCUT2D eigenvalue weighted by Crippen LogP contribution is 2.27. The van der Waals surface area contributed by atoms with Crippen LogP contribution in [0.1, 0.15) is 41.7 Å². The number of aromatic nitrogens is 2. The number of hydrogen-bond donors (Lipinski definition) is 2. The third-order valence-corrected chi connectivity index (χ3v) is 7.73. The van der Waals surface area contributed by atoms with Gasteiger partial charge in [0.2, 0.25) is 0 Å². The predicted molar refractivity (Wildman–Crippen MR) is 144 cm³/mol. The molecule has 0 radical (unpaired) electrons. The Kier molecular flexibility index (Phi) is 8.91. The lowest BCUT2D eigenvalue weighted by molar-refractivity contribution is 0.00463. The first kappa shape index (κ1) is 26.6. The van der Waals surface area contributed by atoms with Crippen molar-refractivity contribution in [2.24, 2.45) is 0 Å². The molecule has 0 spiro atoms. The van der Waals surface area contributed by atoms with E-state index in [0.717, 1.165) is 83.9 Å². The van der Waals surface area contributed by atoms with Crippen molar-refractivity contribution in [2.75, 3.05) is 57.3 Å². The molecule has 2 aromatic rings. The van der Waals surface area contributed by atoms with Gasteiger partial charge in [-0.1, -0.05) is 11.6 Å². The van der Waals surface area contributed by atoms with Crippen LogP contribution in [0.2, 0.25) is 5.02 Å². The molecule has 5 rings (SSSR count). The molecule has 10 nitrogen and oxygen atoms in total. The summed E-state index contributed by atoms with van der Waals surface area (Å²) < 4.78 is 11.9. The summed E-state index contributed by atoms with van der Waals surface area (Å²) >= 11 is 6.11. The Morgan fingerprint density at radius 1 is 1.16 bits per heavy atom. The van der Waals surface area contributed by atoms with Gasteiger partial charge < -0.3 is 25.0 Å². The summed E-state index contributed by atoms with van der Waals surface area (Å²) in [5.41, 5.74) is 0.766. The number of nitrogens with one attached hydrogen (secondary N) is 2. The molecule has 2 N–H and O–H groups in total. The number of morpholine rings is 1. The molecule has 1 saturated carbocycles. The zero-order valence-electron chi connectivity index (χ0n) is 21.4. The number of benzene rings is 1. The van der Waals surface area contributed by atoms with E-state index in [1.54, 1.807) is 24.3 Å². The second-order valence-corrected chi connectivity index (χ2v) is 10.5. The number of nitriles is 1. The van der Waals surface area contributed by atoms with Gasteiger partial charge in [-0.15, -0.1) is 10.2 Å². The summed E-state index contributed by atoms with van der Waals surface area (Å²) in [6.07, 6.45) is 3.59. The molecule has 1 aliphatic carbocycles. The van der Waals surface area contributed by atoms with Crippen LogP contribution in [0.5, 0.6) is 5.75 Å². The normalized spacial score (nSPS) is 24.4. The number of halogens is 1. The molecule has 3 heterocycles. The summed E-state index contributed by atoms with van der Waals surface area (Å²) in [6, 6.07) is 10.9. The van der Waals surface area contributed by atoms with Crippen molar-refractivity contribution in [3.63, 3.8) is 0 Å². The van der Waals surface area contributed by atoms with Gasteiger partial charge in [-0.25, -0.2) is 0 Å². The quantitative estimate of drug-likeness (QED) is 0.546. The van der Waals surface area contributed by atoms with Crippen molar-refractivity contribution in [1.29, 1.82) is 5.26 Å². The SMILES string of the molecule is N#Cc1ccc(OC2CCC(NC(=O)c3ccc(N4CCN(C[C@H]5CNCCO5)CC4)nn3)CC2)cc1Cl. The summed E-state index contributed by atoms with van der Waals surface area (Å²) in [6.45, 7) is 7.24. The standard InChI is InChI=1S/C27H34ClN7O3/c28-24-15-22(4-1-19(24)16-29)38-21-5-2-20(3-6-21)31-27(36)25-7-8-26(33-32-25)35-12-10-34(11-13-35)18-23-17-30-9-14-37-23/h1,4,7-8,15,20-21,23,30H,2-3,5-6,9-14,17-18H2,(H,31,36)/t20?,21?,23-/m1/s1. The fraction of sp³-hybridized carbons (Fsp3) is 0.556. The molecule has 3 aliphatic rings. The van der Waals surface area contributed by atoms with Crippen molar-refractivity contribution in [3.8, 4) is 11.8 Å². The Balaban J connectivity index is 1.04. The maximum absolute atomic E-state index is 12.8. The van der Waals surface area contributed by atoms with Gasteiger partial charge in [-0.3, -0.25) is 9.69 Å². The number of rotatable bonds is 7. The third-order valence-electron chi connectivity index (χ3n) is 7.42. The molecule has 3 fully saturated rings. The number of ether oxygens (including phenoxy) is 2. The van der Waals surface area contributed by atoms with Crippen LogP contribution in [0.15, 0.2) is 30.3 Å². The van der Waals surface area contributed by atoms with E-state index in [9.17, 15) is 4.79 Å². The second-order valence-electron chi connectivity index (χ2n) is 10.1. The van der Waals surface area contributed by atoms with Crippen molar-refractivity contribution in [2.45, 2.75) is 43.9 Å². The smallest absolute Gasteiger partial charge is 0.272 e. The average molecular weight is 540 g/mol. The van der Waals surface area contributed by atoms with Crippen LogP contribution in [-0.4, -0.2) is 91.7 Å². The minimum atomic E-state index is -0.196. The van der Waals surface area contributed by atoms with Crippen LogP contribution in [0.4, 0.5) is 5.82 Å².